The molecule has 3 aromatic rings. The zero-order chi connectivity index (χ0) is 17.6. The van der Waals surface area contributed by atoms with Crippen molar-refractivity contribution in [2.24, 2.45) is 7.05 Å². The van der Waals surface area contributed by atoms with Gasteiger partial charge in [-0.15, -0.1) is 11.8 Å². The molecule has 1 N–H and O–H groups in total. The van der Waals surface area contributed by atoms with Crippen molar-refractivity contribution in [2.45, 2.75) is 11.9 Å². The topological polar surface area (TPSA) is 78.3 Å². The summed E-state index contributed by atoms with van der Waals surface area (Å²) in [6.07, 6.45) is 5.69. The molecule has 3 aromatic heterocycles. The number of nitrogens with one attached hydrogen (secondary N) is 1. The molecule has 128 valence electrons. The number of nitrogens with zero attached hydrogens (tertiary/aromatic N) is 3. The van der Waals surface area contributed by atoms with Crippen molar-refractivity contribution in [2.75, 3.05) is 18.4 Å². The number of aromatic nitrogens is 3. The standard InChI is InChI=1S/C17H16N4O3S/c1-9(22)19-14-4-10-11(7-21(2)12(10)6-18-14)16-17-13(23-8-24-17)5-15(20-16)25-3/h4-7H,8H2,1-3H3,(H,18,19,22). The van der Waals surface area contributed by atoms with E-state index in [9.17, 15) is 4.79 Å². The number of pyridine rings is 2. The van der Waals surface area contributed by atoms with E-state index in [0.717, 1.165) is 27.2 Å². The van der Waals surface area contributed by atoms with Crippen LogP contribution < -0.4 is 14.8 Å². The highest BCUT2D eigenvalue weighted by Crippen LogP contribution is 2.44. The molecule has 4 heterocycles. The smallest absolute Gasteiger partial charge is 0.231 e. The molecule has 4 rings (SSSR count). The molecule has 0 fully saturated rings. The molecule has 7 nitrogen and oxygen atoms in total. The second kappa shape index (κ2) is 5.96. The number of rotatable bonds is 3. The number of carbonyl (C=O) groups is 1. The minimum atomic E-state index is -0.163. The second-order valence-corrected chi connectivity index (χ2v) is 6.50. The van der Waals surface area contributed by atoms with Gasteiger partial charge in [0.05, 0.1) is 11.7 Å². The molecular formula is C17H16N4O3S. The fourth-order valence-electron chi connectivity index (χ4n) is 2.89. The molecule has 0 aliphatic carbocycles. The summed E-state index contributed by atoms with van der Waals surface area (Å²) in [7, 11) is 1.95. The van der Waals surface area contributed by atoms with E-state index in [4.69, 9.17) is 14.5 Å². The van der Waals surface area contributed by atoms with Gasteiger partial charge < -0.3 is 19.4 Å². The molecule has 1 aliphatic heterocycles. The highest BCUT2D eigenvalue weighted by molar-refractivity contribution is 7.98. The molecule has 0 saturated carbocycles. The fraction of sp³-hybridized carbons (Fsp3) is 0.235. The van der Waals surface area contributed by atoms with Gasteiger partial charge in [0.15, 0.2) is 11.5 Å². The number of thioether (sulfide) groups is 1. The largest absolute Gasteiger partial charge is 0.453 e. The van der Waals surface area contributed by atoms with Crippen molar-refractivity contribution in [3.63, 3.8) is 0 Å². The number of carbonyl (C=O) groups excluding carboxylic acids is 1. The lowest BCUT2D eigenvalue weighted by molar-refractivity contribution is -0.114. The summed E-state index contributed by atoms with van der Waals surface area (Å²) in [6.45, 7) is 1.64. The van der Waals surface area contributed by atoms with Gasteiger partial charge in [0, 0.05) is 37.2 Å². The Labute approximate surface area is 148 Å². The van der Waals surface area contributed by atoms with E-state index in [-0.39, 0.29) is 12.7 Å². The molecule has 0 saturated heterocycles. The summed E-state index contributed by atoms with van der Waals surface area (Å²) >= 11 is 1.54. The van der Waals surface area contributed by atoms with E-state index < -0.39 is 0 Å². The normalized spacial score (nSPS) is 12.6. The first-order valence-electron chi connectivity index (χ1n) is 7.64. The van der Waals surface area contributed by atoms with Crippen LogP contribution in [0, 0.1) is 0 Å². The predicted octanol–water partition coefficient (Wildman–Crippen LogP) is 3.04. The molecule has 1 aliphatic rings. The number of ether oxygens (including phenoxy) is 2. The Balaban J connectivity index is 1.95. The lowest BCUT2D eigenvalue weighted by atomic mass is 10.1. The first kappa shape index (κ1) is 15.8. The number of fused-ring (bicyclic) bond motifs is 2. The summed E-state index contributed by atoms with van der Waals surface area (Å²) < 4.78 is 13.2. The molecule has 8 heteroatoms. The van der Waals surface area contributed by atoms with Gasteiger partial charge in [0.1, 0.15) is 16.5 Å². The van der Waals surface area contributed by atoms with Gasteiger partial charge in [-0.3, -0.25) is 4.79 Å². The molecule has 0 spiro atoms. The van der Waals surface area contributed by atoms with Crippen LogP contribution >= 0.6 is 11.8 Å². The van der Waals surface area contributed by atoms with Gasteiger partial charge in [0.25, 0.3) is 0 Å². The Hall–Kier alpha value is -2.74. The Bertz CT molecular complexity index is 999. The lowest BCUT2D eigenvalue weighted by Crippen LogP contribution is -2.07. The van der Waals surface area contributed by atoms with Crippen molar-refractivity contribution in [1.82, 2.24) is 14.5 Å². The maximum absolute atomic E-state index is 11.3. The van der Waals surface area contributed by atoms with Crippen molar-refractivity contribution in [3.05, 3.63) is 24.5 Å². The third-order valence-corrected chi connectivity index (χ3v) is 4.60. The van der Waals surface area contributed by atoms with Crippen LogP contribution in [0.3, 0.4) is 0 Å². The van der Waals surface area contributed by atoms with Crippen LogP contribution in [0.25, 0.3) is 22.2 Å². The molecule has 25 heavy (non-hydrogen) atoms. The SMILES string of the molecule is CSc1cc2c(c(-c3cn(C)c4cnc(NC(C)=O)cc34)n1)OCO2. The molecular weight excluding hydrogens is 340 g/mol. The van der Waals surface area contributed by atoms with E-state index >= 15 is 0 Å². The van der Waals surface area contributed by atoms with E-state index in [1.165, 1.54) is 6.92 Å². The lowest BCUT2D eigenvalue weighted by Gasteiger charge is -2.07. The summed E-state index contributed by atoms with van der Waals surface area (Å²) in [5.41, 5.74) is 2.57. The number of anilines is 1. The maximum atomic E-state index is 11.3. The van der Waals surface area contributed by atoms with Crippen LogP contribution in [-0.2, 0) is 11.8 Å². The zero-order valence-corrected chi connectivity index (χ0v) is 14.8. The van der Waals surface area contributed by atoms with Crippen LogP contribution in [0.4, 0.5) is 5.82 Å². The average Bonchev–Trinajstić information content (AvgIpc) is 3.18. The second-order valence-electron chi connectivity index (χ2n) is 5.67. The van der Waals surface area contributed by atoms with E-state index in [1.54, 1.807) is 18.0 Å². The van der Waals surface area contributed by atoms with Crippen molar-refractivity contribution in [1.29, 1.82) is 0 Å². The minimum Gasteiger partial charge on any atom is -0.453 e. The van der Waals surface area contributed by atoms with E-state index in [2.05, 4.69) is 10.3 Å². The summed E-state index contributed by atoms with van der Waals surface area (Å²) in [5.74, 6) is 1.68. The number of aryl methyl sites for hydroxylation is 1. The van der Waals surface area contributed by atoms with Gasteiger partial charge in [-0.05, 0) is 12.3 Å². The van der Waals surface area contributed by atoms with Gasteiger partial charge >= 0.3 is 0 Å². The molecule has 0 radical (unpaired) electrons. The van der Waals surface area contributed by atoms with Crippen LogP contribution in [0.2, 0.25) is 0 Å². The van der Waals surface area contributed by atoms with E-state index in [1.807, 2.05) is 36.2 Å². The Morgan fingerprint density at radius 1 is 1.36 bits per heavy atom. The number of hydrogen-bond donors (Lipinski definition) is 1. The van der Waals surface area contributed by atoms with Crippen LogP contribution in [0.5, 0.6) is 11.5 Å². The fourth-order valence-corrected chi connectivity index (χ4v) is 3.30. The van der Waals surface area contributed by atoms with Crippen LogP contribution in [-0.4, -0.2) is 33.5 Å². The number of amides is 1. The summed E-state index contributed by atoms with van der Waals surface area (Å²) in [4.78, 5) is 20.4. The maximum Gasteiger partial charge on any atom is 0.231 e. The molecule has 0 aromatic carbocycles. The quantitative estimate of drug-likeness (QED) is 0.727. The van der Waals surface area contributed by atoms with Crippen molar-refractivity contribution >= 4 is 34.4 Å². The Kier molecular flexibility index (Phi) is 3.76. The first-order chi connectivity index (χ1) is 12.1. The Morgan fingerprint density at radius 3 is 2.96 bits per heavy atom. The van der Waals surface area contributed by atoms with Gasteiger partial charge in [-0.2, -0.15) is 0 Å². The monoisotopic (exact) mass is 356 g/mol. The van der Waals surface area contributed by atoms with Crippen molar-refractivity contribution < 1.29 is 14.3 Å². The van der Waals surface area contributed by atoms with Crippen LogP contribution in [0.15, 0.2) is 29.6 Å². The van der Waals surface area contributed by atoms with Gasteiger partial charge in [-0.1, -0.05) is 0 Å². The predicted molar refractivity (Wildman–Crippen MR) is 96.2 cm³/mol. The molecule has 1 amide bonds. The molecule has 0 atom stereocenters. The summed E-state index contributed by atoms with van der Waals surface area (Å²) in [6, 6.07) is 3.73. The molecule has 0 unspecified atom stereocenters. The van der Waals surface area contributed by atoms with Crippen molar-refractivity contribution in [3.8, 4) is 22.8 Å². The first-order valence-corrected chi connectivity index (χ1v) is 8.87. The average molecular weight is 356 g/mol. The Morgan fingerprint density at radius 2 is 2.20 bits per heavy atom. The summed E-state index contributed by atoms with van der Waals surface area (Å²) in [5, 5.41) is 4.51. The number of hydrogen-bond acceptors (Lipinski definition) is 6. The van der Waals surface area contributed by atoms with Crippen LogP contribution in [0.1, 0.15) is 6.92 Å². The van der Waals surface area contributed by atoms with Gasteiger partial charge in [-0.25, -0.2) is 9.97 Å². The van der Waals surface area contributed by atoms with Gasteiger partial charge in [0.2, 0.25) is 12.7 Å². The molecule has 0 bridgehead atoms. The highest BCUT2D eigenvalue weighted by atomic mass is 32.2. The third-order valence-electron chi connectivity index (χ3n) is 3.98. The highest BCUT2D eigenvalue weighted by Gasteiger charge is 2.24. The van der Waals surface area contributed by atoms with E-state index in [0.29, 0.717) is 17.3 Å². The minimum absolute atomic E-state index is 0.163. The third kappa shape index (κ3) is 2.68. The zero-order valence-electron chi connectivity index (χ0n) is 14.0.